The molecule has 0 spiro atoms. The van der Waals surface area contributed by atoms with Crippen molar-refractivity contribution >= 4 is 11.6 Å². The van der Waals surface area contributed by atoms with Crippen molar-refractivity contribution in [3.8, 4) is 17.2 Å². The molecule has 2 aromatic rings. The number of methoxy groups -OCH3 is 2. The molecule has 0 radical (unpaired) electrons. The maximum absolute atomic E-state index is 13.8. The Kier molecular flexibility index (Phi) is 5.41. The average molecular weight is 319 g/mol. The second kappa shape index (κ2) is 7.49. The third-order valence-electron chi connectivity index (χ3n) is 3.14. The fourth-order valence-corrected chi connectivity index (χ4v) is 2.03. The number of nitrogens with one attached hydrogen (secondary N) is 1. The highest BCUT2D eigenvalue weighted by molar-refractivity contribution is 6.04. The first-order valence-electron chi connectivity index (χ1n) is 7.04. The average Bonchev–Trinajstić information content (AvgIpc) is 2.56. The Bertz CT molecular complexity index is 703. The number of hydrogen-bond donors (Lipinski definition) is 1. The molecule has 5 nitrogen and oxygen atoms in total. The number of hydrogen-bond acceptors (Lipinski definition) is 4. The lowest BCUT2D eigenvalue weighted by Gasteiger charge is -2.11. The SMILES string of the molecule is CCOc1ccc(NC(=O)c2ccc(OC)c(OC)c2)cc1F. The van der Waals surface area contributed by atoms with Gasteiger partial charge in [-0.25, -0.2) is 4.39 Å². The fourth-order valence-electron chi connectivity index (χ4n) is 2.03. The topological polar surface area (TPSA) is 56.8 Å². The highest BCUT2D eigenvalue weighted by Crippen LogP contribution is 2.28. The van der Waals surface area contributed by atoms with E-state index in [2.05, 4.69) is 5.32 Å². The molecule has 0 saturated heterocycles. The van der Waals surface area contributed by atoms with E-state index in [1.54, 1.807) is 31.2 Å². The zero-order valence-corrected chi connectivity index (χ0v) is 13.2. The van der Waals surface area contributed by atoms with E-state index >= 15 is 0 Å². The summed E-state index contributed by atoms with van der Waals surface area (Å²) in [6, 6.07) is 9.05. The van der Waals surface area contributed by atoms with Crippen LogP contribution in [0.15, 0.2) is 36.4 Å². The number of halogens is 1. The summed E-state index contributed by atoms with van der Waals surface area (Å²) in [6.07, 6.45) is 0. The van der Waals surface area contributed by atoms with Crippen molar-refractivity contribution < 1.29 is 23.4 Å². The molecule has 1 amide bonds. The third kappa shape index (κ3) is 3.91. The first-order valence-corrected chi connectivity index (χ1v) is 7.04. The first kappa shape index (κ1) is 16.6. The Balaban J connectivity index is 2.17. The molecule has 0 atom stereocenters. The van der Waals surface area contributed by atoms with Gasteiger partial charge in [-0.1, -0.05) is 0 Å². The van der Waals surface area contributed by atoms with Gasteiger partial charge in [-0.05, 0) is 37.3 Å². The van der Waals surface area contributed by atoms with Crippen LogP contribution in [0.25, 0.3) is 0 Å². The summed E-state index contributed by atoms with van der Waals surface area (Å²) < 4.78 is 29.2. The fraction of sp³-hybridized carbons (Fsp3) is 0.235. The first-order chi connectivity index (χ1) is 11.1. The van der Waals surface area contributed by atoms with Crippen LogP contribution in [0.4, 0.5) is 10.1 Å². The van der Waals surface area contributed by atoms with E-state index in [0.717, 1.165) is 0 Å². The predicted octanol–water partition coefficient (Wildman–Crippen LogP) is 3.49. The van der Waals surface area contributed by atoms with Crippen molar-refractivity contribution in [3.63, 3.8) is 0 Å². The molecule has 0 aliphatic carbocycles. The molecule has 23 heavy (non-hydrogen) atoms. The van der Waals surface area contributed by atoms with E-state index in [1.807, 2.05) is 0 Å². The summed E-state index contributed by atoms with van der Waals surface area (Å²) in [5, 5.41) is 2.63. The molecule has 0 aliphatic heterocycles. The third-order valence-corrected chi connectivity index (χ3v) is 3.14. The van der Waals surface area contributed by atoms with Crippen LogP contribution < -0.4 is 19.5 Å². The van der Waals surface area contributed by atoms with Crippen LogP contribution >= 0.6 is 0 Å². The monoisotopic (exact) mass is 319 g/mol. The number of ether oxygens (including phenoxy) is 3. The Morgan fingerprint density at radius 1 is 1.04 bits per heavy atom. The molecular formula is C17H18FNO4. The van der Waals surface area contributed by atoms with E-state index in [-0.39, 0.29) is 11.7 Å². The second-order valence-corrected chi connectivity index (χ2v) is 4.60. The summed E-state index contributed by atoms with van der Waals surface area (Å²) in [5.74, 6) is 0.206. The van der Waals surface area contributed by atoms with Gasteiger partial charge in [0.1, 0.15) is 0 Å². The highest BCUT2D eigenvalue weighted by Gasteiger charge is 2.12. The van der Waals surface area contributed by atoms with Crippen molar-refractivity contribution in [2.24, 2.45) is 0 Å². The van der Waals surface area contributed by atoms with E-state index in [9.17, 15) is 9.18 Å². The van der Waals surface area contributed by atoms with Crippen molar-refractivity contribution in [1.29, 1.82) is 0 Å². The van der Waals surface area contributed by atoms with Gasteiger partial charge in [0.15, 0.2) is 23.1 Å². The summed E-state index contributed by atoms with van der Waals surface area (Å²) in [5.41, 5.74) is 0.711. The van der Waals surface area contributed by atoms with Gasteiger partial charge in [0.05, 0.1) is 20.8 Å². The maximum atomic E-state index is 13.8. The zero-order valence-electron chi connectivity index (χ0n) is 13.2. The van der Waals surface area contributed by atoms with Crippen LogP contribution in [0.2, 0.25) is 0 Å². The molecule has 0 aromatic heterocycles. The van der Waals surface area contributed by atoms with E-state index in [4.69, 9.17) is 14.2 Å². The quantitative estimate of drug-likeness (QED) is 0.885. The summed E-state index contributed by atoms with van der Waals surface area (Å²) in [4.78, 5) is 12.2. The Hall–Kier alpha value is -2.76. The van der Waals surface area contributed by atoms with E-state index < -0.39 is 5.82 Å². The molecule has 2 rings (SSSR count). The summed E-state index contributed by atoms with van der Waals surface area (Å²) in [7, 11) is 3.00. The standard InChI is InChI=1S/C17H18FNO4/c1-4-23-14-8-6-12(10-13(14)18)19-17(20)11-5-7-15(21-2)16(9-11)22-3/h5-10H,4H2,1-3H3,(H,19,20). The molecule has 6 heteroatoms. The maximum Gasteiger partial charge on any atom is 0.255 e. The number of rotatable bonds is 6. The molecule has 122 valence electrons. The minimum Gasteiger partial charge on any atom is -0.493 e. The molecule has 0 heterocycles. The van der Waals surface area contributed by atoms with Gasteiger partial charge in [0, 0.05) is 17.3 Å². The van der Waals surface area contributed by atoms with Crippen LogP contribution in [-0.2, 0) is 0 Å². The number of amides is 1. The minimum absolute atomic E-state index is 0.150. The van der Waals surface area contributed by atoms with Crippen molar-refractivity contribution in [2.45, 2.75) is 6.92 Å². The lowest BCUT2D eigenvalue weighted by Crippen LogP contribution is -2.12. The smallest absolute Gasteiger partial charge is 0.255 e. The molecular weight excluding hydrogens is 301 g/mol. The predicted molar refractivity (Wildman–Crippen MR) is 85.1 cm³/mol. The highest BCUT2D eigenvalue weighted by atomic mass is 19.1. The molecule has 1 N–H and O–H groups in total. The van der Waals surface area contributed by atoms with Crippen molar-refractivity contribution in [3.05, 3.63) is 47.8 Å². The van der Waals surface area contributed by atoms with Gasteiger partial charge in [0.2, 0.25) is 0 Å². The van der Waals surface area contributed by atoms with Crippen LogP contribution in [-0.4, -0.2) is 26.7 Å². The lowest BCUT2D eigenvalue weighted by atomic mass is 10.1. The van der Waals surface area contributed by atoms with Gasteiger partial charge in [-0.2, -0.15) is 0 Å². The number of benzene rings is 2. The van der Waals surface area contributed by atoms with Gasteiger partial charge in [-0.15, -0.1) is 0 Å². The summed E-state index contributed by atoms with van der Waals surface area (Å²) in [6.45, 7) is 2.14. The molecule has 0 saturated carbocycles. The summed E-state index contributed by atoms with van der Waals surface area (Å²) >= 11 is 0. The van der Waals surface area contributed by atoms with Crippen LogP contribution in [0.1, 0.15) is 17.3 Å². The van der Waals surface area contributed by atoms with Crippen molar-refractivity contribution in [1.82, 2.24) is 0 Å². The van der Waals surface area contributed by atoms with Crippen LogP contribution in [0, 0.1) is 5.82 Å². The molecule has 0 fully saturated rings. The largest absolute Gasteiger partial charge is 0.493 e. The molecule has 2 aromatic carbocycles. The molecule has 0 unspecified atom stereocenters. The lowest BCUT2D eigenvalue weighted by molar-refractivity contribution is 0.102. The van der Waals surface area contributed by atoms with Gasteiger partial charge >= 0.3 is 0 Å². The Labute approximate surface area is 134 Å². The Morgan fingerprint density at radius 2 is 1.74 bits per heavy atom. The molecule has 0 aliphatic rings. The van der Waals surface area contributed by atoms with E-state index in [1.165, 1.54) is 26.4 Å². The van der Waals surface area contributed by atoms with Gasteiger partial charge < -0.3 is 19.5 Å². The number of carbonyl (C=O) groups excluding carboxylic acids is 1. The molecule has 0 bridgehead atoms. The second-order valence-electron chi connectivity index (χ2n) is 4.60. The van der Waals surface area contributed by atoms with E-state index in [0.29, 0.717) is 29.4 Å². The van der Waals surface area contributed by atoms with Gasteiger partial charge in [-0.3, -0.25) is 4.79 Å². The number of anilines is 1. The normalized spacial score (nSPS) is 10.1. The van der Waals surface area contributed by atoms with Crippen LogP contribution in [0.3, 0.4) is 0 Å². The van der Waals surface area contributed by atoms with Gasteiger partial charge in [0.25, 0.3) is 5.91 Å². The zero-order chi connectivity index (χ0) is 16.8. The number of carbonyl (C=O) groups is 1. The minimum atomic E-state index is -0.531. The Morgan fingerprint density at radius 3 is 2.35 bits per heavy atom. The van der Waals surface area contributed by atoms with Crippen LogP contribution in [0.5, 0.6) is 17.2 Å². The van der Waals surface area contributed by atoms with Crippen molar-refractivity contribution in [2.75, 3.05) is 26.1 Å².